The van der Waals surface area contributed by atoms with E-state index in [1.54, 1.807) is 18.2 Å². The van der Waals surface area contributed by atoms with Crippen LogP contribution in [0.15, 0.2) is 29.2 Å². The van der Waals surface area contributed by atoms with E-state index >= 15 is 0 Å². The molecular weight excluding hydrogens is 284 g/mol. The van der Waals surface area contributed by atoms with Gasteiger partial charge in [-0.3, -0.25) is 0 Å². The van der Waals surface area contributed by atoms with Gasteiger partial charge in [0.25, 0.3) is 0 Å². The third-order valence-electron chi connectivity index (χ3n) is 4.43. The summed E-state index contributed by atoms with van der Waals surface area (Å²) in [6.45, 7) is 3.99. The van der Waals surface area contributed by atoms with Crippen LogP contribution in [0.4, 0.5) is 0 Å². The number of sulfonamides is 1. The fraction of sp³-hybridized carbons (Fsp3) is 0.625. The van der Waals surface area contributed by atoms with Crippen molar-refractivity contribution >= 4 is 10.0 Å². The van der Waals surface area contributed by atoms with E-state index in [2.05, 4.69) is 11.6 Å². The topological polar surface area (TPSA) is 72.2 Å². The van der Waals surface area contributed by atoms with Gasteiger partial charge in [0.1, 0.15) is 0 Å². The van der Waals surface area contributed by atoms with E-state index in [0.717, 1.165) is 31.2 Å². The summed E-state index contributed by atoms with van der Waals surface area (Å²) in [7, 11) is -3.46. The number of benzene rings is 1. The Bertz CT molecular complexity index is 569. The quantitative estimate of drug-likeness (QED) is 0.878. The summed E-state index contributed by atoms with van der Waals surface area (Å²) in [6, 6.07) is 6.82. The molecule has 0 bridgehead atoms. The summed E-state index contributed by atoms with van der Waals surface area (Å²) < 4.78 is 28.1. The van der Waals surface area contributed by atoms with Crippen molar-refractivity contribution in [3.8, 4) is 0 Å². The largest absolute Gasteiger partial charge is 0.324 e. The maximum absolute atomic E-state index is 12.6. The molecule has 0 heterocycles. The summed E-state index contributed by atoms with van der Waals surface area (Å²) in [6.07, 6.45) is 5.38. The highest BCUT2D eigenvalue weighted by atomic mass is 32.2. The van der Waals surface area contributed by atoms with Crippen LogP contribution >= 0.6 is 0 Å². The minimum absolute atomic E-state index is 0.0627. The van der Waals surface area contributed by atoms with Gasteiger partial charge in [-0.25, -0.2) is 13.1 Å². The van der Waals surface area contributed by atoms with E-state index in [4.69, 9.17) is 5.73 Å². The lowest BCUT2D eigenvalue weighted by Crippen LogP contribution is -2.41. The molecule has 3 atom stereocenters. The first kappa shape index (κ1) is 16.5. The zero-order chi connectivity index (χ0) is 15.5. The molecule has 1 aliphatic rings. The predicted octanol–water partition coefficient (Wildman–Crippen LogP) is 2.95. The van der Waals surface area contributed by atoms with Crippen LogP contribution in [0.25, 0.3) is 0 Å². The summed E-state index contributed by atoms with van der Waals surface area (Å²) >= 11 is 0. The zero-order valence-electron chi connectivity index (χ0n) is 12.9. The molecule has 0 amide bonds. The fourth-order valence-electron chi connectivity index (χ4n) is 3.08. The average molecular weight is 310 g/mol. The highest BCUT2D eigenvalue weighted by molar-refractivity contribution is 7.89. The fourth-order valence-corrected chi connectivity index (χ4v) is 4.48. The van der Waals surface area contributed by atoms with Crippen molar-refractivity contribution in [3.63, 3.8) is 0 Å². The van der Waals surface area contributed by atoms with Crippen LogP contribution in [0, 0.1) is 5.92 Å². The third kappa shape index (κ3) is 4.05. The lowest BCUT2D eigenvalue weighted by atomic mass is 9.83. The standard InChI is InChI=1S/C16H26N2O2S/c1-3-13-7-4-5-10-16(13)18-21(19,20)15-9-6-8-14(11-15)12(2)17/h6,8-9,11-13,16,18H,3-5,7,10,17H2,1-2H3. The van der Waals surface area contributed by atoms with Crippen molar-refractivity contribution in [2.75, 3.05) is 0 Å². The number of hydrogen-bond donors (Lipinski definition) is 2. The minimum Gasteiger partial charge on any atom is -0.324 e. The van der Waals surface area contributed by atoms with E-state index in [0.29, 0.717) is 10.8 Å². The molecule has 1 aromatic rings. The molecule has 0 radical (unpaired) electrons. The molecule has 1 saturated carbocycles. The minimum atomic E-state index is -3.46. The maximum Gasteiger partial charge on any atom is 0.240 e. The molecule has 5 heteroatoms. The van der Waals surface area contributed by atoms with E-state index in [9.17, 15) is 8.42 Å². The van der Waals surface area contributed by atoms with Gasteiger partial charge in [0, 0.05) is 12.1 Å². The highest BCUT2D eigenvalue weighted by Gasteiger charge is 2.28. The molecule has 0 saturated heterocycles. The first-order valence-corrected chi connectivity index (χ1v) is 9.30. The average Bonchev–Trinajstić information content (AvgIpc) is 2.47. The molecule has 0 aliphatic heterocycles. The summed E-state index contributed by atoms with van der Waals surface area (Å²) in [4.78, 5) is 0.317. The second kappa shape index (κ2) is 6.90. The van der Waals surface area contributed by atoms with Gasteiger partial charge in [-0.15, -0.1) is 0 Å². The molecule has 0 spiro atoms. The summed E-state index contributed by atoms with van der Waals surface area (Å²) in [5, 5.41) is 0. The molecular formula is C16H26N2O2S. The van der Waals surface area contributed by atoms with Gasteiger partial charge in [-0.2, -0.15) is 0 Å². The third-order valence-corrected chi connectivity index (χ3v) is 5.92. The first-order chi connectivity index (χ1) is 9.94. The van der Waals surface area contributed by atoms with Gasteiger partial charge >= 0.3 is 0 Å². The van der Waals surface area contributed by atoms with E-state index < -0.39 is 10.0 Å². The van der Waals surface area contributed by atoms with Crippen LogP contribution in [0.5, 0.6) is 0 Å². The Morgan fingerprint density at radius 1 is 1.33 bits per heavy atom. The highest BCUT2D eigenvalue weighted by Crippen LogP contribution is 2.28. The monoisotopic (exact) mass is 310 g/mol. The van der Waals surface area contributed by atoms with Crippen molar-refractivity contribution in [1.82, 2.24) is 4.72 Å². The van der Waals surface area contributed by atoms with Crippen LogP contribution in [-0.4, -0.2) is 14.5 Å². The van der Waals surface area contributed by atoms with Crippen LogP contribution in [0.2, 0.25) is 0 Å². The van der Waals surface area contributed by atoms with Crippen molar-refractivity contribution < 1.29 is 8.42 Å². The molecule has 3 N–H and O–H groups in total. The molecule has 1 aliphatic carbocycles. The van der Waals surface area contributed by atoms with Gasteiger partial charge in [0.15, 0.2) is 0 Å². The van der Waals surface area contributed by atoms with Crippen LogP contribution in [0.3, 0.4) is 0 Å². The molecule has 1 aromatic carbocycles. The molecule has 3 unspecified atom stereocenters. The predicted molar refractivity (Wildman–Crippen MR) is 85.4 cm³/mol. The lowest BCUT2D eigenvalue weighted by Gasteiger charge is -2.31. The Balaban J connectivity index is 2.19. The normalized spacial score (nSPS) is 24.7. The molecule has 1 fully saturated rings. The number of rotatable bonds is 5. The van der Waals surface area contributed by atoms with Gasteiger partial charge < -0.3 is 5.73 Å². The number of nitrogens with two attached hydrogens (primary N) is 1. The van der Waals surface area contributed by atoms with Crippen LogP contribution in [-0.2, 0) is 10.0 Å². The maximum atomic E-state index is 12.6. The Morgan fingerprint density at radius 2 is 2.05 bits per heavy atom. The second-order valence-corrected chi connectivity index (χ2v) is 7.76. The number of nitrogens with one attached hydrogen (secondary N) is 1. The summed E-state index contributed by atoms with van der Waals surface area (Å²) in [5.41, 5.74) is 6.68. The Labute approximate surface area is 128 Å². The van der Waals surface area contributed by atoms with Crippen molar-refractivity contribution in [2.45, 2.75) is 62.9 Å². The number of hydrogen-bond acceptors (Lipinski definition) is 3. The van der Waals surface area contributed by atoms with Gasteiger partial charge in [-0.05, 0) is 43.4 Å². The molecule has 21 heavy (non-hydrogen) atoms. The Hall–Kier alpha value is -0.910. The van der Waals surface area contributed by atoms with Gasteiger partial charge in [0.05, 0.1) is 4.90 Å². The zero-order valence-corrected chi connectivity index (χ0v) is 13.7. The molecule has 2 rings (SSSR count). The Kier molecular flexibility index (Phi) is 5.41. The van der Waals surface area contributed by atoms with Crippen molar-refractivity contribution in [3.05, 3.63) is 29.8 Å². The van der Waals surface area contributed by atoms with Gasteiger partial charge in [0.2, 0.25) is 10.0 Å². The molecule has 0 aromatic heterocycles. The molecule has 4 nitrogen and oxygen atoms in total. The SMILES string of the molecule is CCC1CCCCC1NS(=O)(=O)c1cccc(C(C)N)c1. The van der Waals surface area contributed by atoms with Crippen molar-refractivity contribution in [1.29, 1.82) is 0 Å². The second-order valence-electron chi connectivity index (χ2n) is 6.04. The smallest absolute Gasteiger partial charge is 0.240 e. The Morgan fingerprint density at radius 3 is 2.71 bits per heavy atom. The van der Waals surface area contributed by atoms with Crippen LogP contribution in [0.1, 0.15) is 57.6 Å². The summed E-state index contributed by atoms with van der Waals surface area (Å²) in [5.74, 6) is 0.449. The molecule has 118 valence electrons. The first-order valence-electron chi connectivity index (χ1n) is 7.82. The van der Waals surface area contributed by atoms with E-state index in [1.807, 2.05) is 13.0 Å². The van der Waals surface area contributed by atoms with Crippen LogP contribution < -0.4 is 10.5 Å². The van der Waals surface area contributed by atoms with Gasteiger partial charge in [-0.1, -0.05) is 38.3 Å². The lowest BCUT2D eigenvalue weighted by molar-refractivity contribution is 0.282. The van der Waals surface area contributed by atoms with E-state index in [-0.39, 0.29) is 12.1 Å². The van der Waals surface area contributed by atoms with Crippen molar-refractivity contribution in [2.24, 2.45) is 11.7 Å². The van der Waals surface area contributed by atoms with E-state index in [1.165, 1.54) is 6.42 Å².